The van der Waals surface area contributed by atoms with E-state index >= 15 is 0 Å². The Kier molecular flexibility index (Phi) is 5.71. The molecule has 1 fully saturated rings. The van der Waals surface area contributed by atoms with E-state index in [9.17, 15) is 9.59 Å². The first-order valence-electron chi connectivity index (χ1n) is 7.33. The minimum atomic E-state index is -0.835. The number of likely N-dealkylation sites (tertiary alicyclic amines) is 1. The van der Waals surface area contributed by atoms with Gasteiger partial charge in [-0.2, -0.15) is 0 Å². The molecule has 22 heavy (non-hydrogen) atoms. The molecule has 0 bridgehead atoms. The van der Waals surface area contributed by atoms with E-state index in [0.717, 1.165) is 11.3 Å². The molecule has 1 heterocycles. The van der Waals surface area contributed by atoms with Crippen LogP contribution < -0.4 is 4.74 Å². The van der Waals surface area contributed by atoms with Gasteiger partial charge in [0.1, 0.15) is 5.75 Å². The summed E-state index contributed by atoms with van der Waals surface area (Å²) in [5.74, 6) is -0.810. The standard InChI is InChI=1S/C16H21NO4S/c1-11(21-13-5-7-14(22-2)8-6-13)15(18)17-9-3-4-12(10-17)16(19)20/h5-8,11-12H,3-4,9-10H2,1-2H3,(H,19,20)/t11-,12+/m0/s1. The maximum absolute atomic E-state index is 12.4. The lowest BCUT2D eigenvalue weighted by Crippen LogP contribution is -2.47. The maximum atomic E-state index is 12.4. The van der Waals surface area contributed by atoms with Crippen LogP contribution in [0.1, 0.15) is 19.8 Å². The Morgan fingerprint density at radius 3 is 2.64 bits per heavy atom. The number of carbonyl (C=O) groups excluding carboxylic acids is 1. The highest BCUT2D eigenvalue weighted by Gasteiger charge is 2.30. The number of amides is 1. The molecule has 1 saturated heterocycles. The minimum absolute atomic E-state index is 0.153. The number of carboxylic acid groups (broad SMARTS) is 1. The Labute approximate surface area is 134 Å². The predicted octanol–water partition coefficient (Wildman–Crippen LogP) is 2.50. The Balaban J connectivity index is 1.94. The van der Waals surface area contributed by atoms with Gasteiger partial charge >= 0.3 is 5.97 Å². The summed E-state index contributed by atoms with van der Waals surface area (Å²) in [6.07, 6.45) is 2.73. The van der Waals surface area contributed by atoms with Gasteiger partial charge in [-0.05, 0) is 50.3 Å². The normalized spacial score (nSPS) is 19.5. The third kappa shape index (κ3) is 4.16. The average molecular weight is 323 g/mol. The fourth-order valence-electron chi connectivity index (χ4n) is 2.54. The number of hydrogen-bond acceptors (Lipinski definition) is 4. The molecule has 120 valence electrons. The van der Waals surface area contributed by atoms with Gasteiger partial charge in [-0.1, -0.05) is 0 Å². The lowest BCUT2D eigenvalue weighted by molar-refractivity contribution is -0.147. The Morgan fingerprint density at radius 2 is 2.05 bits per heavy atom. The summed E-state index contributed by atoms with van der Waals surface area (Å²) in [6, 6.07) is 7.56. The highest BCUT2D eigenvalue weighted by atomic mass is 32.2. The predicted molar refractivity (Wildman–Crippen MR) is 85.3 cm³/mol. The largest absolute Gasteiger partial charge is 0.481 e. The second kappa shape index (κ2) is 7.54. The molecular weight excluding hydrogens is 302 g/mol. The molecule has 1 amide bonds. The first-order chi connectivity index (χ1) is 10.5. The minimum Gasteiger partial charge on any atom is -0.481 e. The number of carbonyl (C=O) groups is 2. The number of hydrogen-bond donors (Lipinski definition) is 1. The molecule has 1 aromatic rings. The van der Waals surface area contributed by atoms with Gasteiger partial charge in [-0.3, -0.25) is 9.59 Å². The lowest BCUT2D eigenvalue weighted by Gasteiger charge is -2.32. The van der Waals surface area contributed by atoms with E-state index in [1.165, 1.54) is 0 Å². The molecule has 2 atom stereocenters. The zero-order valence-corrected chi connectivity index (χ0v) is 13.6. The second-order valence-corrected chi connectivity index (χ2v) is 6.28. The molecule has 2 rings (SSSR count). The number of carboxylic acids is 1. The maximum Gasteiger partial charge on any atom is 0.308 e. The van der Waals surface area contributed by atoms with Crippen LogP contribution in [0.3, 0.4) is 0 Å². The molecule has 0 aliphatic carbocycles. The van der Waals surface area contributed by atoms with Crippen molar-refractivity contribution in [2.45, 2.75) is 30.8 Å². The number of piperidine rings is 1. The van der Waals surface area contributed by atoms with Crippen LogP contribution in [-0.2, 0) is 9.59 Å². The third-order valence-electron chi connectivity index (χ3n) is 3.80. The monoisotopic (exact) mass is 323 g/mol. The quantitative estimate of drug-likeness (QED) is 0.843. The van der Waals surface area contributed by atoms with Crippen molar-refractivity contribution in [2.75, 3.05) is 19.3 Å². The Morgan fingerprint density at radius 1 is 1.36 bits per heavy atom. The van der Waals surface area contributed by atoms with Gasteiger partial charge in [0.25, 0.3) is 5.91 Å². The van der Waals surface area contributed by atoms with E-state index in [1.54, 1.807) is 23.6 Å². The molecule has 0 spiro atoms. The van der Waals surface area contributed by atoms with E-state index in [1.807, 2.05) is 30.5 Å². The van der Waals surface area contributed by atoms with Crippen molar-refractivity contribution in [3.8, 4) is 5.75 Å². The van der Waals surface area contributed by atoms with E-state index in [2.05, 4.69) is 0 Å². The summed E-state index contributed by atoms with van der Waals surface area (Å²) in [7, 11) is 0. The van der Waals surface area contributed by atoms with E-state index in [0.29, 0.717) is 18.7 Å². The molecule has 1 aromatic carbocycles. The number of ether oxygens (including phenoxy) is 1. The SMILES string of the molecule is CSc1ccc(O[C@@H](C)C(=O)N2CCC[C@@H](C(=O)O)C2)cc1. The van der Waals surface area contributed by atoms with Crippen LogP contribution in [0.4, 0.5) is 0 Å². The van der Waals surface area contributed by atoms with E-state index in [4.69, 9.17) is 9.84 Å². The third-order valence-corrected chi connectivity index (χ3v) is 4.55. The highest BCUT2D eigenvalue weighted by molar-refractivity contribution is 7.98. The number of nitrogens with zero attached hydrogens (tertiary/aromatic N) is 1. The lowest BCUT2D eigenvalue weighted by atomic mass is 9.98. The molecule has 1 aliphatic rings. The summed E-state index contributed by atoms with van der Waals surface area (Å²) >= 11 is 1.64. The van der Waals surface area contributed by atoms with Gasteiger partial charge in [0.15, 0.2) is 6.10 Å². The molecule has 0 aromatic heterocycles. The summed E-state index contributed by atoms with van der Waals surface area (Å²) in [5, 5.41) is 9.09. The topological polar surface area (TPSA) is 66.8 Å². The van der Waals surface area contributed by atoms with Crippen LogP contribution in [0.5, 0.6) is 5.75 Å². The molecule has 1 N–H and O–H groups in total. The second-order valence-electron chi connectivity index (χ2n) is 5.40. The molecule has 0 saturated carbocycles. The fraction of sp³-hybridized carbons (Fsp3) is 0.500. The van der Waals surface area contributed by atoms with Crippen molar-refractivity contribution in [1.82, 2.24) is 4.90 Å². The zero-order chi connectivity index (χ0) is 16.1. The number of aliphatic carboxylic acids is 1. The molecule has 0 unspecified atom stereocenters. The average Bonchev–Trinajstić information content (AvgIpc) is 2.54. The smallest absolute Gasteiger partial charge is 0.308 e. The van der Waals surface area contributed by atoms with Gasteiger partial charge in [0, 0.05) is 18.0 Å². The van der Waals surface area contributed by atoms with Crippen LogP contribution in [0, 0.1) is 5.92 Å². The first-order valence-corrected chi connectivity index (χ1v) is 8.56. The van der Waals surface area contributed by atoms with Crippen molar-refractivity contribution in [3.05, 3.63) is 24.3 Å². The van der Waals surface area contributed by atoms with Crippen molar-refractivity contribution >= 4 is 23.6 Å². The van der Waals surface area contributed by atoms with Crippen molar-refractivity contribution in [3.63, 3.8) is 0 Å². The van der Waals surface area contributed by atoms with E-state index < -0.39 is 18.0 Å². The van der Waals surface area contributed by atoms with Gasteiger partial charge in [0.05, 0.1) is 5.92 Å². The zero-order valence-electron chi connectivity index (χ0n) is 12.8. The van der Waals surface area contributed by atoms with Crippen molar-refractivity contribution < 1.29 is 19.4 Å². The summed E-state index contributed by atoms with van der Waals surface area (Å²) < 4.78 is 5.68. The van der Waals surface area contributed by atoms with Crippen LogP contribution >= 0.6 is 11.8 Å². The van der Waals surface area contributed by atoms with Crippen LogP contribution in [0.25, 0.3) is 0 Å². The van der Waals surface area contributed by atoms with Crippen LogP contribution in [0.2, 0.25) is 0 Å². The number of thioether (sulfide) groups is 1. The van der Waals surface area contributed by atoms with Gasteiger partial charge in [-0.15, -0.1) is 11.8 Å². The van der Waals surface area contributed by atoms with Crippen LogP contribution in [-0.4, -0.2) is 47.3 Å². The fourth-order valence-corrected chi connectivity index (χ4v) is 2.95. The molecule has 5 nitrogen and oxygen atoms in total. The molecule has 1 aliphatic heterocycles. The first kappa shape index (κ1) is 16.7. The van der Waals surface area contributed by atoms with Crippen molar-refractivity contribution in [2.24, 2.45) is 5.92 Å². The molecular formula is C16H21NO4S. The Bertz CT molecular complexity index is 531. The molecule has 0 radical (unpaired) electrons. The van der Waals surface area contributed by atoms with Gasteiger partial charge in [-0.25, -0.2) is 0 Å². The van der Waals surface area contributed by atoms with Crippen LogP contribution in [0.15, 0.2) is 29.2 Å². The van der Waals surface area contributed by atoms with Gasteiger partial charge in [0.2, 0.25) is 0 Å². The van der Waals surface area contributed by atoms with E-state index in [-0.39, 0.29) is 12.5 Å². The summed E-state index contributed by atoms with van der Waals surface area (Å²) in [4.78, 5) is 26.2. The summed E-state index contributed by atoms with van der Waals surface area (Å²) in [6.45, 7) is 2.57. The molecule has 6 heteroatoms. The Hall–Kier alpha value is -1.69. The number of benzene rings is 1. The van der Waals surface area contributed by atoms with Crippen molar-refractivity contribution in [1.29, 1.82) is 0 Å². The number of rotatable bonds is 5. The highest BCUT2D eigenvalue weighted by Crippen LogP contribution is 2.21. The van der Waals surface area contributed by atoms with Gasteiger partial charge < -0.3 is 14.7 Å². The summed E-state index contributed by atoms with van der Waals surface area (Å²) in [5.41, 5.74) is 0.